The third-order valence-electron chi connectivity index (χ3n) is 6.12. The second-order valence-electron chi connectivity index (χ2n) is 8.16. The van der Waals surface area contributed by atoms with Crippen molar-refractivity contribution in [2.75, 3.05) is 23.7 Å². The molecule has 5 heterocycles. The van der Waals surface area contributed by atoms with Gasteiger partial charge in [0.25, 0.3) is 0 Å². The summed E-state index contributed by atoms with van der Waals surface area (Å²) in [5.41, 5.74) is 13.6. The smallest absolute Gasteiger partial charge is 0.139 e. The number of fused-ring (bicyclic) bond motifs is 2. The van der Waals surface area contributed by atoms with Crippen molar-refractivity contribution in [1.82, 2.24) is 25.1 Å². The van der Waals surface area contributed by atoms with Gasteiger partial charge in [-0.1, -0.05) is 6.07 Å². The first kappa shape index (κ1) is 17.9. The summed E-state index contributed by atoms with van der Waals surface area (Å²) in [5, 5.41) is 9.97. The maximum Gasteiger partial charge on any atom is 0.139 e. The molecule has 0 bridgehead atoms. The van der Waals surface area contributed by atoms with E-state index in [0.717, 1.165) is 57.5 Å². The molecule has 6 rings (SSSR count). The number of nitrogens with two attached hydrogens (primary N) is 1. The average molecular weight is 409 g/mol. The fraction of sp³-hybridized carbons (Fsp3) is 0.208. The number of hydrogen-bond donors (Lipinski definition) is 3. The quantitative estimate of drug-likeness (QED) is 0.400. The Labute approximate surface area is 179 Å². The Morgan fingerprint density at radius 3 is 2.68 bits per heavy atom. The zero-order valence-corrected chi connectivity index (χ0v) is 17.1. The number of nitrogens with zero attached hydrogens (tertiary/aromatic N) is 4. The molecule has 154 valence electrons. The predicted octanol–water partition coefficient (Wildman–Crippen LogP) is 4.74. The lowest BCUT2D eigenvalue weighted by Gasteiger charge is -2.29. The maximum atomic E-state index is 5.93. The molecule has 5 aromatic rings. The lowest BCUT2D eigenvalue weighted by atomic mass is 10.0. The van der Waals surface area contributed by atoms with Gasteiger partial charge in [0, 0.05) is 53.7 Å². The average Bonchev–Trinajstić information content (AvgIpc) is 3.43. The number of rotatable bonds is 3. The van der Waals surface area contributed by atoms with E-state index in [2.05, 4.69) is 54.3 Å². The van der Waals surface area contributed by atoms with Gasteiger partial charge >= 0.3 is 0 Å². The molecule has 4 aromatic heterocycles. The van der Waals surface area contributed by atoms with E-state index in [9.17, 15) is 0 Å². The summed E-state index contributed by atoms with van der Waals surface area (Å²) in [5.74, 6) is 0. The van der Waals surface area contributed by atoms with E-state index >= 15 is 0 Å². The number of aromatic amines is 2. The van der Waals surface area contributed by atoms with E-state index in [1.807, 2.05) is 24.5 Å². The number of nitrogen functional groups attached to an aromatic ring is 1. The molecule has 0 unspecified atom stereocenters. The summed E-state index contributed by atoms with van der Waals surface area (Å²) < 4.78 is 0. The fourth-order valence-corrected chi connectivity index (χ4v) is 4.57. The van der Waals surface area contributed by atoms with Gasteiger partial charge in [-0.3, -0.25) is 10.1 Å². The van der Waals surface area contributed by atoms with Crippen LogP contribution in [-0.4, -0.2) is 38.2 Å². The zero-order valence-electron chi connectivity index (χ0n) is 17.1. The molecule has 0 saturated carbocycles. The van der Waals surface area contributed by atoms with Crippen LogP contribution in [0.15, 0.2) is 55.0 Å². The minimum Gasteiger partial charge on any atom is -0.397 e. The van der Waals surface area contributed by atoms with Crippen LogP contribution in [0.4, 0.5) is 11.4 Å². The molecule has 1 aliphatic heterocycles. The van der Waals surface area contributed by atoms with Gasteiger partial charge in [0.15, 0.2) is 0 Å². The van der Waals surface area contributed by atoms with Gasteiger partial charge in [-0.25, -0.2) is 4.98 Å². The highest BCUT2D eigenvalue weighted by atomic mass is 15.1. The molecule has 0 aliphatic carbocycles. The molecule has 4 N–H and O–H groups in total. The Hall–Kier alpha value is -3.87. The second-order valence-corrected chi connectivity index (χ2v) is 8.16. The largest absolute Gasteiger partial charge is 0.397 e. The lowest BCUT2D eigenvalue weighted by Crippen LogP contribution is -2.29. The number of anilines is 2. The molecule has 7 heteroatoms. The first-order chi connectivity index (χ1) is 15.3. The van der Waals surface area contributed by atoms with Crippen molar-refractivity contribution >= 4 is 33.3 Å². The SMILES string of the molecule is Nc1cncc(-c2ccc3[nH]nc(-c4cc5c(N6CCCCC6)ccnc5[nH]4)c3c2)c1. The summed E-state index contributed by atoms with van der Waals surface area (Å²) in [6.07, 6.45) is 9.17. The van der Waals surface area contributed by atoms with Crippen LogP contribution < -0.4 is 10.6 Å². The normalized spacial score (nSPS) is 14.5. The van der Waals surface area contributed by atoms with Crippen LogP contribution >= 0.6 is 0 Å². The molecule has 1 aromatic carbocycles. The summed E-state index contributed by atoms with van der Waals surface area (Å²) in [7, 11) is 0. The van der Waals surface area contributed by atoms with Crippen molar-refractivity contribution < 1.29 is 0 Å². The molecule has 0 radical (unpaired) electrons. The third-order valence-corrected chi connectivity index (χ3v) is 6.12. The minimum absolute atomic E-state index is 0.650. The van der Waals surface area contributed by atoms with Crippen molar-refractivity contribution in [3.05, 3.63) is 55.0 Å². The fourth-order valence-electron chi connectivity index (χ4n) is 4.57. The van der Waals surface area contributed by atoms with Crippen LogP contribution in [0.2, 0.25) is 0 Å². The van der Waals surface area contributed by atoms with Crippen LogP contribution in [0.3, 0.4) is 0 Å². The van der Waals surface area contributed by atoms with Gasteiger partial charge in [-0.15, -0.1) is 0 Å². The van der Waals surface area contributed by atoms with Crippen molar-refractivity contribution in [2.45, 2.75) is 19.3 Å². The summed E-state index contributed by atoms with van der Waals surface area (Å²) in [6.45, 7) is 2.20. The lowest BCUT2D eigenvalue weighted by molar-refractivity contribution is 0.579. The number of pyridine rings is 2. The molecular weight excluding hydrogens is 386 g/mol. The van der Waals surface area contributed by atoms with E-state index in [0.29, 0.717) is 5.69 Å². The summed E-state index contributed by atoms with van der Waals surface area (Å²) in [6, 6.07) is 12.5. The van der Waals surface area contributed by atoms with E-state index in [-0.39, 0.29) is 0 Å². The van der Waals surface area contributed by atoms with Crippen molar-refractivity contribution in [2.24, 2.45) is 0 Å². The van der Waals surface area contributed by atoms with Crippen LogP contribution in [-0.2, 0) is 0 Å². The first-order valence-electron chi connectivity index (χ1n) is 10.7. The minimum atomic E-state index is 0.650. The van der Waals surface area contributed by atoms with Crippen LogP contribution in [0.1, 0.15) is 19.3 Å². The molecule has 1 fully saturated rings. The molecule has 7 nitrogen and oxygen atoms in total. The molecule has 31 heavy (non-hydrogen) atoms. The van der Waals surface area contributed by atoms with Crippen molar-refractivity contribution in [3.63, 3.8) is 0 Å². The van der Waals surface area contributed by atoms with Gasteiger partial charge in [0.2, 0.25) is 0 Å². The molecule has 1 saturated heterocycles. The number of H-pyrrole nitrogens is 2. The van der Waals surface area contributed by atoms with Gasteiger partial charge in [0.05, 0.1) is 16.9 Å². The van der Waals surface area contributed by atoms with Crippen LogP contribution in [0, 0.1) is 0 Å². The van der Waals surface area contributed by atoms with Gasteiger partial charge in [0.1, 0.15) is 11.3 Å². The maximum absolute atomic E-state index is 5.93. The third kappa shape index (κ3) is 3.09. The van der Waals surface area contributed by atoms with Crippen LogP contribution in [0.25, 0.3) is 44.5 Å². The van der Waals surface area contributed by atoms with Gasteiger partial charge in [-0.2, -0.15) is 5.10 Å². The Balaban J connectivity index is 1.46. The summed E-state index contributed by atoms with van der Waals surface area (Å²) in [4.78, 5) is 14.8. The number of hydrogen-bond acceptors (Lipinski definition) is 5. The standard InChI is InChI=1S/C24H23N7/c25-17-10-16(13-26-14-17)15-4-5-20-18(11-15)23(30-29-20)21-12-19-22(6-7-27-24(19)28-21)31-8-2-1-3-9-31/h4-7,10-14H,1-3,8-9,25H2,(H,27,28)(H,29,30). The first-order valence-corrected chi connectivity index (χ1v) is 10.7. The Morgan fingerprint density at radius 1 is 0.903 bits per heavy atom. The van der Waals surface area contributed by atoms with Crippen LogP contribution in [0.5, 0.6) is 0 Å². The Kier molecular flexibility index (Phi) is 4.12. The molecule has 0 spiro atoms. The number of piperidine rings is 1. The molecule has 0 amide bonds. The molecular formula is C24H23N7. The Bertz CT molecular complexity index is 1390. The van der Waals surface area contributed by atoms with Crippen molar-refractivity contribution in [3.8, 4) is 22.5 Å². The highest BCUT2D eigenvalue weighted by Crippen LogP contribution is 2.34. The van der Waals surface area contributed by atoms with E-state index < -0.39 is 0 Å². The molecule has 1 aliphatic rings. The number of aromatic nitrogens is 5. The summed E-state index contributed by atoms with van der Waals surface area (Å²) >= 11 is 0. The van der Waals surface area contributed by atoms with E-state index in [1.165, 1.54) is 24.9 Å². The highest BCUT2D eigenvalue weighted by Gasteiger charge is 2.18. The highest BCUT2D eigenvalue weighted by molar-refractivity contribution is 5.99. The van der Waals surface area contributed by atoms with Crippen molar-refractivity contribution in [1.29, 1.82) is 0 Å². The predicted molar refractivity (Wildman–Crippen MR) is 125 cm³/mol. The van der Waals surface area contributed by atoms with Gasteiger partial charge in [-0.05, 0) is 55.2 Å². The van der Waals surface area contributed by atoms with Gasteiger partial charge < -0.3 is 15.6 Å². The van der Waals surface area contributed by atoms with E-state index in [1.54, 1.807) is 6.20 Å². The second kappa shape index (κ2) is 7.12. The number of benzene rings is 1. The molecule has 0 atom stereocenters. The zero-order chi connectivity index (χ0) is 20.8. The monoisotopic (exact) mass is 409 g/mol. The Morgan fingerprint density at radius 2 is 1.81 bits per heavy atom. The van der Waals surface area contributed by atoms with E-state index in [4.69, 9.17) is 5.73 Å². The topological polar surface area (TPSA) is 99.5 Å². The number of nitrogens with one attached hydrogen (secondary N) is 2.